The van der Waals surface area contributed by atoms with Crippen LogP contribution < -0.4 is 16.0 Å². The summed E-state index contributed by atoms with van der Waals surface area (Å²) in [6, 6.07) is 14.6. The highest BCUT2D eigenvalue weighted by molar-refractivity contribution is 5.93. The van der Waals surface area contributed by atoms with E-state index in [-0.39, 0.29) is 11.6 Å². The number of carbonyl (C=O) groups is 1. The van der Waals surface area contributed by atoms with Gasteiger partial charge in [0.25, 0.3) is 0 Å². The standard InChI is InChI=1S/C25H28N4O2/c1-15(2)17-4-7-22(16(3)10-17)29-19-5-6-20-18(11-19)12-27-24(20)14-28-23-13-26-9-8-21(23)25(30)31/h4-11,13,15,24,27-29H,12,14H2,1-3H3,(H,30,31)/t24-/m0/s1. The molecule has 6 heteroatoms. The number of pyridine rings is 1. The van der Waals surface area contributed by atoms with Crippen molar-refractivity contribution >= 4 is 23.0 Å². The van der Waals surface area contributed by atoms with Crippen molar-refractivity contribution in [3.05, 3.63) is 82.7 Å². The zero-order valence-electron chi connectivity index (χ0n) is 18.1. The summed E-state index contributed by atoms with van der Waals surface area (Å²) in [6.07, 6.45) is 3.05. The van der Waals surface area contributed by atoms with Crippen LogP contribution in [0.2, 0.25) is 0 Å². The summed E-state index contributed by atoms with van der Waals surface area (Å²) in [5.41, 5.74) is 7.99. The average molecular weight is 417 g/mol. The Morgan fingerprint density at radius 2 is 2.03 bits per heavy atom. The summed E-state index contributed by atoms with van der Waals surface area (Å²) in [5.74, 6) is -0.445. The number of aromatic nitrogens is 1. The van der Waals surface area contributed by atoms with Crippen LogP contribution in [-0.2, 0) is 6.54 Å². The van der Waals surface area contributed by atoms with Crippen LogP contribution in [0, 0.1) is 6.92 Å². The molecule has 0 bridgehead atoms. The van der Waals surface area contributed by atoms with E-state index in [1.807, 2.05) is 0 Å². The van der Waals surface area contributed by atoms with Gasteiger partial charge in [-0.3, -0.25) is 4.98 Å². The molecule has 4 rings (SSSR count). The van der Waals surface area contributed by atoms with Crippen LogP contribution in [0.4, 0.5) is 17.1 Å². The lowest BCUT2D eigenvalue weighted by Crippen LogP contribution is -2.22. The summed E-state index contributed by atoms with van der Waals surface area (Å²) >= 11 is 0. The number of aryl methyl sites for hydroxylation is 1. The monoisotopic (exact) mass is 416 g/mol. The van der Waals surface area contributed by atoms with Crippen LogP contribution in [0.15, 0.2) is 54.9 Å². The quantitative estimate of drug-likeness (QED) is 0.423. The van der Waals surface area contributed by atoms with Crippen molar-refractivity contribution in [2.45, 2.75) is 39.3 Å². The van der Waals surface area contributed by atoms with Crippen LogP contribution in [-0.4, -0.2) is 22.6 Å². The van der Waals surface area contributed by atoms with Crippen LogP contribution in [0.25, 0.3) is 0 Å². The van der Waals surface area contributed by atoms with Gasteiger partial charge in [0.15, 0.2) is 0 Å². The Labute approximate surface area is 182 Å². The van der Waals surface area contributed by atoms with Crippen LogP contribution in [0.1, 0.15) is 58.4 Å². The van der Waals surface area contributed by atoms with Gasteiger partial charge in [0.05, 0.1) is 23.5 Å². The van der Waals surface area contributed by atoms with E-state index in [9.17, 15) is 9.90 Å². The van der Waals surface area contributed by atoms with E-state index in [1.54, 1.807) is 6.20 Å². The SMILES string of the molecule is Cc1cc(C(C)C)ccc1Nc1ccc2c(c1)CN[C@H]2CNc1cnccc1C(=O)O. The average Bonchev–Trinajstić information content (AvgIpc) is 3.16. The topological polar surface area (TPSA) is 86.3 Å². The van der Waals surface area contributed by atoms with Crippen LogP contribution >= 0.6 is 0 Å². The van der Waals surface area contributed by atoms with Gasteiger partial charge in [0, 0.05) is 30.7 Å². The predicted molar refractivity (Wildman–Crippen MR) is 124 cm³/mol. The van der Waals surface area contributed by atoms with E-state index >= 15 is 0 Å². The summed E-state index contributed by atoms with van der Waals surface area (Å²) in [5, 5.41) is 19.6. The number of carboxylic acid groups (broad SMARTS) is 1. The molecule has 1 aromatic heterocycles. The molecule has 0 amide bonds. The molecule has 0 spiro atoms. The molecule has 31 heavy (non-hydrogen) atoms. The summed E-state index contributed by atoms with van der Waals surface area (Å²) in [6.45, 7) is 7.91. The summed E-state index contributed by atoms with van der Waals surface area (Å²) in [7, 11) is 0. The predicted octanol–water partition coefficient (Wildman–Crippen LogP) is 5.21. The van der Waals surface area contributed by atoms with E-state index in [1.165, 1.54) is 34.5 Å². The fraction of sp³-hybridized carbons (Fsp3) is 0.280. The molecule has 1 aliphatic heterocycles. The first-order chi connectivity index (χ1) is 14.9. The minimum Gasteiger partial charge on any atom is -0.478 e. The molecular formula is C25H28N4O2. The van der Waals surface area contributed by atoms with Gasteiger partial charge in [0.1, 0.15) is 0 Å². The zero-order chi connectivity index (χ0) is 22.0. The number of nitrogens with one attached hydrogen (secondary N) is 3. The molecule has 3 aromatic rings. The second-order valence-corrected chi connectivity index (χ2v) is 8.31. The number of carboxylic acids is 1. The van der Waals surface area contributed by atoms with Crippen molar-refractivity contribution in [2.24, 2.45) is 0 Å². The number of hydrogen-bond acceptors (Lipinski definition) is 5. The Balaban J connectivity index is 1.45. The molecule has 0 unspecified atom stereocenters. The van der Waals surface area contributed by atoms with E-state index in [2.05, 4.69) is 78.1 Å². The summed E-state index contributed by atoms with van der Waals surface area (Å²) < 4.78 is 0. The molecule has 1 atom stereocenters. The molecule has 6 nitrogen and oxygen atoms in total. The normalized spacial score (nSPS) is 15.0. The van der Waals surface area contributed by atoms with Gasteiger partial charge in [-0.25, -0.2) is 4.79 Å². The molecule has 0 radical (unpaired) electrons. The maximum absolute atomic E-state index is 11.4. The van der Waals surface area contributed by atoms with Gasteiger partial charge in [-0.2, -0.15) is 0 Å². The van der Waals surface area contributed by atoms with Gasteiger partial charge in [-0.05, 0) is 59.4 Å². The minimum absolute atomic E-state index is 0.109. The molecule has 0 saturated heterocycles. The lowest BCUT2D eigenvalue weighted by atomic mass is 10.00. The first-order valence-electron chi connectivity index (χ1n) is 10.6. The van der Waals surface area contributed by atoms with Gasteiger partial charge in [-0.1, -0.05) is 32.0 Å². The summed E-state index contributed by atoms with van der Waals surface area (Å²) in [4.78, 5) is 15.4. The molecule has 2 heterocycles. The third-order valence-electron chi connectivity index (χ3n) is 5.80. The largest absolute Gasteiger partial charge is 0.478 e. The minimum atomic E-state index is -0.961. The molecule has 1 aliphatic rings. The fourth-order valence-corrected chi connectivity index (χ4v) is 3.98. The van der Waals surface area contributed by atoms with Crippen molar-refractivity contribution in [2.75, 3.05) is 17.2 Å². The highest BCUT2D eigenvalue weighted by Crippen LogP contribution is 2.31. The second-order valence-electron chi connectivity index (χ2n) is 8.31. The van der Waals surface area contributed by atoms with Crippen molar-refractivity contribution in [1.29, 1.82) is 0 Å². The van der Waals surface area contributed by atoms with Gasteiger partial charge < -0.3 is 21.1 Å². The fourth-order valence-electron chi connectivity index (χ4n) is 3.98. The van der Waals surface area contributed by atoms with Crippen molar-refractivity contribution in [3.8, 4) is 0 Å². The van der Waals surface area contributed by atoms with E-state index in [0.29, 0.717) is 18.2 Å². The first kappa shape index (κ1) is 20.9. The number of anilines is 3. The van der Waals surface area contributed by atoms with Crippen LogP contribution in [0.3, 0.4) is 0 Å². The zero-order valence-corrected chi connectivity index (χ0v) is 18.1. The molecular weight excluding hydrogens is 388 g/mol. The number of aromatic carboxylic acids is 1. The smallest absolute Gasteiger partial charge is 0.337 e. The molecule has 4 N–H and O–H groups in total. The maximum Gasteiger partial charge on any atom is 0.337 e. The van der Waals surface area contributed by atoms with Gasteiger partial charge in [-0.15, -0.1) is 0 Å². The Kier molecular flexibility index (Phi) is 5.91. The maximum atomic E-state index is 11.4. The Morgan fingerprint density at radius 3 is 2.77 bits per heavy atom. The number of benzene rings is 2. The molecule has 0 aliphatic carbocycles. The molecule has 160 valence electrons. The van der Waals surface area contributed by atoms with Gasteiger partial charge in [0.2, 0.25) is 0 Å². The molecule has 0 saturated carbocycles. The van der Waals surface area contributed by atoms with E-state index < -0.39 is 5.97 Å². The lowest BCUT2D eigenvalue weighted by molar-refractivity contribution is 0.0697. The third-order valence-corrected chi connectivity index (χ3v) is 5.80. The first-order valence-corrected chi connectivity index (χ1v) is 10.6. The van der Waals surface area contributed by atoms with Crippen molar-refractivity contribution in [1.82, 2.24) is 10.3 Å². The number of hydrogen-bond donors (Lipinski definition) is 4. The Bertz CT molecular complexity index is 1110. The highest BCUT2D eigenvalue weighted by Gasteiger charge is 2.22. The lowest BCUT2D eigenvalue weighted by Gasteiger charge is -2.16. The second kappa shape index (κ2) is 8.78. The van der Waals surface area contributed by atoms with Gasteiger partial charge >= 0.3 is 5.97 Å². The Hall–Kier alpha value is -3.38. The molecule has 0 fully saturated rings. The van der Waals surface area contributed by atoms with Crippen LogP contribution in [0.5, 0.6) is 0 Å². The molecule has 2 aromatic carbocycles. The number of fused-ring (bicyclic) bond motifs is 1. The van der Waals surface area contributed by atoms with E-state index in [0.717, 1.165) is 17.9 Å². The Morgan fingerprint density at radius 1 is 1.19 bits per heavy atom. The third kappa shape index (κ3) is 4.54. The van der Waals surface area contributed by atoms with Crippen molar-refractivity contribution in [3.63, 3.8) is 0 Å². The van der Waals surface area contributed by atoms with E-state index in [4.69, 9.17) is 0 Å². The number of rotatable bonds is 7. The number of nitrogens with zero attached hydrogens (tertiary/aromatic N) is 1. The highest BCUT2D eigenvalue weighted by atomic mass is 16.4. The van der Waals surface area contributed by atoms with Crippen molar-refractivity contribution < 1.29 is 9.90 Å².